The van der Waals surface area contributed by atoms with E-state index in [-0.39, 0.29) is 70.2 Å². The third-order valence-electron chi connectivity index (χ3n) is 6.94. The molecule has 14 heteroatoms. The standard InChI is InChI=1S/C28H41N7O7/c1-3-4-16-42-27-31-24(29)23-25(32-27)35(28(41)30-23)11-5-10-34(22(38)18-33(12-14-36)13-15-37)17-20-6-8-21(9-7-20)19(2)26(39)40/h6-9,19,36-37H,3-5,10-18H2,1-2H3,(H,30,41)(H,39,40)(H2,29,31,32). The monoisotopic (exact) mass is 587 g/mol. The van der Waals surface area contributed by atoms with Gasteiger partial charge in [0, 0.05) is 32.7 Å². The molecular weight excluding hydrogens is 546 g/mol. The van der Waals surface area contributed by atoms with Gasteiger partial charge in [-0.05, 0) is 30.9 Å². The van der Waals surface area contributed by atoms with Crippen molar-refractivity contribution in [2.24, 2.45) is 0 Å². The van der Waals surface area contributed by atoms with Crippen LogP contribution < -0.4 is 16.2 Å². The van der Waals surface area contributed by atoms with Crippen molar-refractivity contribution in [1.29, 1.82) is 0 Å². The maximum absolute atomic E-state index is 13.4. The highest BCUT2D eigenvalue weighted by atomic mass is 16.5. The Balaban J connectivity index is 1.79. The van der Waals surface area contributed by atoms with E-state index in [0.29, 0.717) is 29.8 Å². The summed E-state index contributed by atoms with van der Waals surface area (Å²) in [6, 6.07) is 7.13. The molecule has 0 aliphatic heterocycles. The zero-order valence-corrected chi connectivity index (χ0v) is 24.2. The van der Waals surface area contributed by atoms with Crippen LogP contribution in [0.4, 0.5) is 5.82 Å². The van der Waals surface area contributed by atoms with Gasteiger partial charge in [0.2, 0.25) is 5.91 Å². The number of rotatable bonds is 18. The number of hydrogen-bond donors (Lipinski definition) is 5. The number of carboxylic acid groups (broad SMARTS) is 1. The van der Waals surface area contributed by atoms with Gasteiger partial charge in [0.15, 0.2) is 11.5 Å². The third kappa shape index (κ3) is 8.74. The van der Waals surface area contributed by atoms with Crippen LogP contribution in [0, 0.1) is 0 Å². The van der Waals surface area contributed by atoms with Crippen LogP contribution in [0.2, 0.25) is 0 Å². The topological polar surface area (TPSA) is 200 Å². The Kier molecular flexibility index (Phi) is 12.3. The molecule has 2 aromatic heterocycles. The number of anilines is 1. The Hall–Kier alpha value is -4.01. The van der Waals surface area contributed by atoms with Gasteiger partial charge in [-0.25, -0.2) is 4.79 Å². The first-order chi connectivity index (χ1) is 20.2. The minimum Gasteiger partial charge on any atom is -0.481 e. The molecule has 0 saturated heterocycles. The molecule has 0 saturated carbocycles. The summed E-state index contributed by atoms with van der Waals surface area (Å²) in [6.45, 7) is 4.98. The first-order valence-electron chi connectivity index (χ1n) is 14.1. The second-order valence-corrected chi connectivity index (χ2v) is 10.1. The maximum Gasteiger partial charge on any atom is 0.327 e. The zero-order valence-electron chi connectivity index (χ0n) is 24.2. The quantitative estimate of drug-likeness (QED) is 0.132. The SMILES string of the molecule is CCCCOc1nc(N)c2[nH]c(=O)n(CCCN(Cc3ccc(C(C)C(=O)O)cc3)C(=O)CN(CCO)CCO)c2n1. The van der Waals surface area contributed by atoms with Gasteiger partial charge < -0.3 is 35.7 Å². The predicted molar refractivity (Wildman–Crippen MR) is 156 cm³/mol. The van der Waals surface area contributed by atoms with E-state index < -0.39 is 17.6 Å². The molecule has 230 valence electrons. The van der Waals surface area contributed by atoms with Gasteiger partial charge in [0.05, 0.1) is 32.3 Å². The lowest BCUT2D eigenvalue weighted by Crippen LogP contribution is -2.42. The van der Waals surface area contributed by atoms with Crippen LogP contribution in [-0.4, -0.2) is 103 Å². The van der Waals surface area contributed by atoms with Gasteiger partial charge >= 0.3 is 17.7 Å². The number of H-pyrrole nitrogens is 1. The number of unbranched alkanes of at least 4 members (excludes halogenated alkanes) is 1. The van der Waals surface area contributed by atoms with Crippen molar-refractivity contribution < 1.29 is 29.6 Å². The molecule has 1 unspecified atom stereocenters. The highest BCUT2D eigenvalue weighted by molar-refractivity contribution is 5.82. The molecule has 3 rings (SSSR count). The van der Waals surface area contributed by atoms with E-state index in [1.165, 1.54) is 4.57 Å². The number of aryl methyl sites for hydroxylation is 1. The number of nitrogens with two attached hydrogens (primary N) is 1. The van der Waals surface area contributed by atoms with Gasteiger partial charge in [-0.3, -0.25) is 19.1 Å². The number of carbonyl (C=O) groups excluding carboxylic acids is 1. The van der Waals surface area contributed by atoms with Crippen molar-refractivity contribution in [2.45, 2.75) is 52.1 Å². The zero-order chi connectivity index (χ0) is 30.6. The molecule has 6 N–H and O–H groups in total. The van der Waals surface area contributed by atoms with E-state index in [4.69, 9.17) is 10.5 Å². The van der Waals surface area contributed by atoms with E-state index in [9.17, 15) is 29.7 Å². The Morgan fingerprint density at radius 1 is 1.10 bits per heavy atom. The number of fused-ring (bicyclic) bond motifs is 1. The van der Waals surface area contributed by atoms with E-state index >= 15 is 0 Å². The number of nitrogen functional groups attached to an aromatic ring is 1. The number of benzene rings is 1. The highest BCUT2D eigenvalue weighted by Crippen LogP contribution is 2.19. The molecule has 1 amide bonds. The van der Waals surface area contributed by atoms with Crippen LogP contribution in [0.1, 0.15) is 50.2 Å². The van der Waals surface area contributed by atoms with E-state index in [1.54, 1.807) is 41.0 Å². The highest BCUT2D eigenvalue weighted by Gasteiger charge is 2.20. The van der Waals surface area contributed by atoms with Crippen LogP contribution >= 0.6 is 0 Å². The molecule has 1 atom stereocenters. The lowest BCUT2D eigenvalue weighted by atomic mass is 10.00. The molecule has 3 aromatic rings. The van der Waals surface area contributed by atoms with Gasteiger partial charge in [-0.1, -0.05) is 37.6 Å². The fourth-order valence-electron chi connectivity index (χ4n) is 4.44. The molecule has 0 bridgehead atoms. The molecule has 1 aromatic carbocycles. The van der Waals surface area contributed by atoms with E-state index in [2.05, 4.69) is 15.0 Å². The fraction of sp³-hybridized carbons (Fsp3) is 0.536. The lowest BCUT2D eigenvalue weighted by Gasteiger charge is -2.27. The second kappa shape index (κ2) is 15.8. The van der Waals surface area contributed by atoms with Crippen molar-refractivity contribution in [3.63, 3.8) is 0 Å². The molecule has 14 nitrogen and oxygen atoms in total. The summed E-state index contributed by atoms with van der Waals surface area (Å²) in [4.78, 5) is 52.0. The smallest absolute Gasteiger partial charge is 0.327 e. The Morgan fingerprint density at radius 3 is 2.40 bits per heavy atom. The Morgan fingerprint density at radius 2 is 1.79 bits per heavy atom. The summed E-state index contributed by atoms with van der Waals surface area (Å²) in [5, 5.41) is 28.0. The van der Waals surface area contributed by atoms with Crippen molar-refractivity contribution in [3.05, 3.63) is 45.9 Å². The average molecular weight is 588 g/mol. The van der Waals surface area contributed by atoms with Crippen LogP contribution in [0.3, 0.4) is 0 Å². The number of aliphatic hydroxyl groups excluding tert-OH is 2. The number of ether oxygens (including phenoxy) is 1. The molecule has 0 spiro atoms. The van der Waals surface area contributed by atoms with Gasteiger partial charge in [0.1, 0.15) is 5.52 Å². The summed E-state index contributed by atoms with van der Waals surface area (Å²) in [7, 11) is 0. The number of aliphatic carboxylic acids is 1. The summed E-state index contributed by atoms with van der Waals surface area (Å²) in [6.07, 6.45) is 2.16. The number of carboxylic acids is 1. The third-order valence-corrected chi connectivity index (χ3v) is 6.94. The number of carbonyl (C=O) groups is 2. The summed E-state index contributed by atoms with van der Waals surface area (Å²) < 4.78 is 7.03. The largest absolute Gasteiger partial charge is 0.481 e. The molecule has 2 heterocycles. The van der Waals surface area contributed by atoms with Gasteiger partial charge in [-0.15, -0.1) is 0 Å². The van der Waals surface area contributed by atoms with Gasteiger partial charge in [-0.2, -0.15) is 9.97 Å². The number of aromatic amines is 1. The summed E-state index contributed by atoms with van der Waals surface area (Å²) in [5.41, 5.74) is 7.73. The number of nitrogens with one attached hydrogen (secondary N) is 1. The molecule has 0 fully saturated rings. The number of hydrogen-bond acceptors (Lipinski definition) is 10. The number of aromatic nitrogens is 4. The first-order valence-corrected chi connectivity index (χ1v) is 14.1. The van der Waals surface area contributed by atoms with Gasteiger partial charge in [0.25, 0.3) is 0 Å². The first kappa shape index (κ1) is 32.5. The average Bonchev–Trinajstić information content (AvgIpc) is 3.28. The molecule has 0 aliphatic carbocycles. The Bertz CT molecular complexity index is 1370. The second-order valence-electron chi connectivity index (χ2n) is 10.1. The number of amides is 1. The number of imidazole rings is 1. The molecule has 0 radical (unpaired) electrons. The predicted octanol–water partition coefficient (Wildman–Crippen LogP) is 0.774. The minimum atomic E-state index is -0.924. The summed E-state index contributed by atoms with van der Waals surface area (Å²) >= 11 is 0. The molecule has 0 aliphatic rings. The van der Waals surface area contributed by atoms with Crippen molar-refractivity contribution in [1.82, 2.24) is 29.3 Å². The number of nitrogens with zero attached hydrogens (tertiary/aromatic N) is 5. The normalized spacial score (nSPS) is 12.1. The van der Waals surface area contributed by atoms with Crippen molar-refractivity contribution in [3.8, 4) is 6.01 Å². The summed E-state index contributed by atoms with van der Waals surface area (Å²) in [5.74, 6) is -1.70. The number of aliphatic hydroxyl groups is 2. The van der Waals surface area contributed by atoms with Crippen LogP contribution in [0.15, 0.2) is 29.1 Å². The van der Waals surface area contributed by atoms with Crippen LogP contribution in [-0.2, 0) is 22.7 Å². The maximum atomic E-state index is 13.4. The van der Waals surface area contributed by atoms with E-state index in [1.807, 2.05) is 6.92 Å². The molecule has 42 heavy (non-hydrogen) atoms. The van der Waals surface area contributed by atoms with Crippen molar-refractivity contribution >= 4 is 28.9 Å². The van der Waals surface area contributed by atoms with Crippen LogP contribution in [0.25, 0.3) is 11.2 Å². The molecular formula is C28H41N7O7. The lowest BCUT2D eigenvalue weighted by molar-refractivity contribution is -0.138. The minimum absolute atomic E-state index is 0.00942. The van der Waals surface area contributed by atoms with Crippen LogP contribution in [0.5, 0.6) is 6.01 Å². The Labute approximate surface area is 243 Å². The van der Waals surface area contributed by atoms with Crippen molar-refractivity contribution in [2.75, 3.05) is 51.7 Å². The fourth-order valence-corrected chi connectivity index (χ4v) is 4.44. The van der Waals surface area contributed by atoms with E-state index in [0.717, 1.165) is 18.4 Å².